The summed E-state index contributed by atoms with van der Waals surface area (Å²) < 4.78 is 0. The number of hydrogen-bond donors (Lipinski definition) is 1. The second-order valence-electron chi connectivity index (χ2n) is 6.75. The number of aliphatic imine (C=N–C) groups is 1. The van der Waals surface area contributed by atoms with Crippen LogP contribution in [0.4, 0.5) is 0 Å². The lowest BCUT2D eigenvalue weighted by Gasteiger charge is -2.28. The van der Waals surface area contributed by atoms with Crippen molar-refractivity contribution in [1.29, 1.82) is 0 Å². The molecule has 0 spiro atoms. The molecule has 0 saturated carbocycles. The van der Waals surface area contributed by atoms with Crippen molar-refractivity contribution in [3.63, 3.8) is 0 Å². The standard InChI is InChI=1S/C19H31ClN4.HI/c1-4-21-19(22-12-9-16-10-13-23(2)14-11-16)24(3)15-17-5-7-18(20)8-6-17;/h5-8,16H,4,9-15H2,1-3H3,(H,21,22);1H. The molecule has 0 amide bonds. The maximum Gasteiger partial charge on any atom is 0.193 e. The zero-order valence-corrected chi connectivity index (χ0v) is 18.8. The van der Waals surface area contributed by atoms with Crippen LogP contribution >= 0.6 is 35.6 Å². The lowest BCUT2D eigenvalue weighted by atomic mass is 9.94. The second kappa shape index (κ2) is 12.0. The number of hydrogen-bond acceptors (Lipinski definition) is 2. The van der Waals surface area contributed by atoms with E-state index >= 15 is 0 Å². The highest BCUT2D eigenvalue weighted by Crippen LogP contribution is 2.19. The smallest absolute Gasteiger partial charge is 0.193 e. The minimum Gasteiger partial charge on any atom is -0.357 e. The van der Waals surface area contributed by atoms with E-state index in [0.717, 1.165) is 36.5 Å². The molecule has 0 aromatic heterocycles. The van der Waals surface area contributed by atoms with Gasteiger partial charge in [-0.2, -0.15) is 0 Å². The summed E-state index contributed by atoms with van der Waals surface area (Å²) in [4.78, 5) is 9.43. The van der Waals surface area contributed by atoms with Crippen molar-refractivity contribution >= 4 is 41.5 Å². The predicted molar refractivity (Wildman–Crippen MR) is 119 cm³/mol. The maximum atomic E-state index is 5.96. The zero-order chi connectivity index (χ0) is 17.4. The molecule has 0 atom stereocenters. The molecule has 6 heteroatoms. The van der Waals surface area contributed by atoms with Crippen molar-refractivity contribution in [3.05, 3.63) is 34.9 Å². The Bertz CT molecular complexity index is 513. The van der Waals surface area contributed by atoms with Gasteiger partial charge in [-0.15, -0.1) is 24.0 Å². The van der Waals surface area contributed by atoms with Crippen molar-refractivity contribution < 1.29 is 0 Å². The number of guanidine groups is 1. The Morgan fingerprint density at radius 2 is 1.92 bits per heavy atom. The van der Waals surface area contributed by atoms with Crippen LogP contribution < -0.4 is 5.32 Å². The molecule has 25 heavy (non-hydrogen) atoms. The van der Waals surface area contributed by atoms with E-state index in [0.29, 0.717) is 0 Å². The van der Waals surface area contributed by atoms with Crippen LogP contribution in [0.1, 0.15) is 31.7 Å². The number of likely N-dealkylation sites (tertiary alicyclic amines) is 1. The summed E-state index contributed by atoms with van der Waals surface area (Å²) in [5, 5.41) is 4.18. The van der Waals surface area contributed by atoms with Gasteiger partial charge in [-0.3, -0.25) is 4.99 Å². The second-order valence-corrected chi connectivity index (χ2v) is 7.19. The van der Waals surface area contributed by atoms with E-state index < -0.39 is 0 Å². The Morgan fingerprint density at radius 1 is 1.28 bits per heavy atom. The largest absolute Gasteiger partial charge is 0.357 e. The van der Waals surface area contributed by atoms with Crippen LogP contribution in [0.15, 0.2) is 29.3 Å². The van der Waals surface area contributed by atoms with E-state index in [1.54, 1.807) is 0 Å². The summed E-state index contributed by atoms with van der Waals surface area (Å²) in [5.74, 6) is 1.81. The van der Waals surface area contributed by atoms with Crippen LogP contribution in [0.5, 0.6) is 0 Å². The van der Waals surface area contributed by atoms with Crippen LogP contribution in [-0.2, 0) is 6.54 Å². The normalized spacial score (nSPS) is 16.4. The Kier molecular flexibility index (Phi) is 10.8. The first kappa shape index (κ1) is 22.5. The fourth-order valence-electron chi connectivity index (χ4n) is 3.11. The number of rotatable bonds is 6. The molecule has 1 aliphatic heterocycles. The van der Waals surface area contributed by atoms with E-state index in [4.69, 9.17) is 16.6 Å². The Balaban J connectivity index is 0.00000312. The minimum absolute atomic E-state index is 0. The van der Waals surface area contributed by atoms with Gasteiger partial charge in [-0.1, -0.05) is 23.7 Å². The first-order valence-corrected chi connectivity index (χ1v) is 9.38. The van der Waals surface area contributed by atoms with E-state index in [1.807, 2.05) is 12.1 Å². The molecule has 1 aromatic carbocycles. The molecule has 142 valence electrons. The minimum atomic E-state index is 0. The van der Waals surface area contributed by atoms with Gasteiger partial charge in [0.05, 0.1) is 0 Å². The lowest BCUT2D eigenvalue weighted by molar-refractivity contribution is 0.214. The molecule has 0 unspecified atom stereocenters. The van der Waals surface area contributed by atoms with Gasteiger partial charge in [0, 0.05) is 31.7 Å². The number of nitrogens with one attached hydrogen (secondary N) is 1. The fourth-order valence-corrected chi connectivity index (χ4v) is 3.24. The van der Waals surface area contributed by atoms with Gasteiger partial charge in [0.1, 0.15) is 0 Å². The monoisotopic (exact) mass is 478 g/mol. The predicted octanol–water partition coefficient (Wildman–Crippen LogP) is 4.09. The molecule has 1 aromatic rings. The molecular formula is C19H32ClIN4. The average Bonchev–Trinajstić information content (AvgIpc) is 2.58. The molecule has 1 saturated heterocycles. The third-order valence-corrected chi connectivity index (χ3v) is 4.92. The van der Waals surface area contributed by atoms with Crippen molar-refractivity contribution in [2.75, 3.05) is 40.3 Å². The van der Waals surface area contributed by atoms with Gasteiger partial charge < -0.3 is 15.1 Å². The van der Waals surface area contributed by atoms with Gasteiger partial charge in [0.25, 0.3) is 0 Å². The molecule has 0 aliphatic carbocycles. The Hall–Kier alpha value is -0.530. The molecule has 0 bridgehead atoms. The van der Waals surface area contributed by atoms with Crippen LogP contribution in [0.3, 0.4) is 0 Å². The molecule has 1 heterocycles. The molecule has 1 fully saturated rings. The van der Waals surface area contributed by atoms with Gasteiger partial charge in [0.15, 0.2) is 5.96 Å². The summed E-state index contributed by atoms with van der Waals surface area (Å²) in [6.07, 6.45) is 3.81. The van der Waals surface area contributed by atoms with Crippen molar-refractivity contribution in [2.24, 2.45) is 10.9 Å². The fraction of sp³-hybridized carbons (Fsp3) is 0.632. The van der Waals surface area contributed by atoms with E-state index in [2.05, 4.69) is 48.3 Å². The highest BCUT2D eigenvalue weighted by molar-refractivity contribution is 14.0. The number of nitrogens with zero attached hydrogens (tertiary/aromatic N) is 3. The van der Waals surface area contributed by atoms with Crippen LogP contribution in [-0.4, -0.2) is 56.0 Å². The first-order valence-electron chi connectivity index (χ1n) is 9.01. The highest BCUT2D eigenvalue weighted by atomic mass is 127. The molecule has 4 nitrogen and oxygen atoms in total. The number of benzene rings is 1. The number of halogens is 2. The van der Waals surface area contributed by atoms with Crippen molar-refractivity contribution in [1.82, 2.24) is 15.1 Å². The van der Waals surface area contributed by atoms with Crippen LogP contribution in [0.2, 0.25) is 5.02 Å². The van der Waals surface area contributed by atoms with Gasteiger partial charge >= 0.3 is 0 Å². The summed E-state index contributed by atoms with van der Waals surface area (Å²) >= 11 is 5.96. The summed E-state index contributed by atoms with van der Waals surface area (Å²) in [5.41, 5.74) is 1.24. The number of piperidine rings is 1. The molecule has 1 N–H and O–H groups in total. The van der Waals surface area contributed by atoms with E-state index in [-0.39, 0.29) is 24.0 Å². The third kappa shape index (κ3) is 8.13. The Morgan fingerprint density at radius 3 is 2.52 bits per heavy atom. The molecule has 1 aliphatic rings. The van der Waals surface area contributed by atoms with E-state index in [9.17, 15) is 0 Å². The molecule has 0 radical (unpaired) electrons. The molecular weight excluding hydrogens is 447 g/mol. The van der Waals surface area contributed by atoms with Gasteiger partial charge in [0.2, 0.25) is 0 Å². The van der Waals surface area contributed by atoms with Gasteiger partial charge in [-0.05, 0) is 69.9 Å². The highest BCUT2D eigenvalue weighted by Gasteiger charge is 2.16. The zero-order valence-electron chi connectivity index (χ0n) is 15.7. The summed E-state index contributed by atoms with van der Waals surface area (Å²) in [6.45, 7) is 7.19. The topological polar surface area (TPSA) is 30.9 Å². The van der Waals surface area contributed by atoms with Crippen molar-refractivity contribution in [3.8, 4) is 0 Å². The van der Waals surface area contributed by atoms with Crippen molar-refractivity contribution in [2.45, 2.75) is 32.7 Å². The third-order valence-electron chi connectivity index (χ3n) is 4.67. The van der Waals surface area contributed by atoms with E-state index in [1.165, 1.54) is 37.9 Å². The van der Waals surface area contributed by atoms with Gasteiger partial charge in [-0.25, -0.2) is 0 Å². The first-order chi connectivity index (χ1) is 11.6. The lowest BCUT2D eigenvalue weighted by Crippen LogP contribution is -2.38. The average molecular weight is 479 g/mol. The summed E-state index contributed by atoms with van der Waals surface area (Å²) in [6, 6.07) is 8.02. The van der Waals surface area contributed by atoms with Crippen LogP contribution in [0, 0.1) is 5.92 Å². The Labute approximate surface area is 175 Å². The molecule has 2 rings (SSSR count). The SMILES string of the molecule is CCNC(=NCCC1CCN(C)CC1)N(C)Cc1ccc(Cl)cc1.I. The van der Waals surface area contributed by atoms with Crippen LogP contribution in [0.25, 0.3) is 0 Å². The maximum absolute atomic E-state index is 5.96. The quantitative estimate of drug-likeness (QED) is 0.380. The summed E-state index contributed by atoms with van der Waals surface area (Å²) in [7, 11) is 4.30.